The molecule has 32 heavy (non-hydrogen) atoms. The van der Waals surface area contributed by atoms with Crippen LogP contribution < -0.4 is 10.1 Å². The van der Waals surface area contributed by atoms with Crippen molar-refractivity contribution in [1.29, 1.82) is 0 Å². The van der Waals surface area contributed by atoms with E-state index in [0.717, 1.165) is 65.0 Å². The van der Waals surface area contributed by atoms with Crippen molar-refractivity contribution >= 4 is 16.7 Å². The third kappa shape index (κ3) is 3.79. The van der Waals surface area contributed by atoms with Gasteiger partial charge in [-0.3, -0.25) is 14.3 Å². The SMILES string of the molecule is CNc1cc2c(cn1)c(-c1cnn(C)c1)nn2[C@H]1CC[C@@H](Oc2ncc(C)nc2C)CC1. The first-order valence-electron chi connectivity index (χ1n) is 11.0. The molecule has 1 aliphatic rings. The third-order valence-electron chi connectivity index (χ3n) is 6.12. The molecule has 4 aromatic heterocycles. The first kappa shape index (κ1) is 20.4. The van der Waals surface area contributed by atoms with E-state index in [4.69, 9.17) is 9.84 Å². The lowest BCUT2D eigenvalue weighted by molar-refractivity contribution is 0.124. The lowest BCUT2D eigenvalue weighted by atomic mass is 9.93. The van der Waals surface area contributed by atoms with E-state index >= 15 is 0 Å². The van der Waals surface area contributed by atoms with Crippen molar-refractivity contribution in [2.75, 3.05) is 12.4 Å². The molecule has 0 unspecified atom stereocenters. The molecule has 5 rings (SSSR count). The second-order valence-electron chi connectivity index (χ2n) is 8.48. The summed E-state index contributed by atoms with van der Waals surface area (Å²) in [6.45, 7) is 3.89. The van der Waals surface area contributed by atoms with Gasteiger partial charge in [0.15, 0.2) is 0 Å². The predicted octanol–water partition coefficient (Wildman–Crippen LogP) is 3.84. The maximum absolute atomic E-state index is 6.19. The minimum Gasteiger partial charge on any atom is -0.473 e. The Morgan fingerprint density at radius 1 is 1.06 bits per heavy atom. The molecule has 0 aliphatic heterocycles. The molecule has 1 N–H and O–H groups in total. The topological polar surface area (TPSA) is 95.6 Å². The summed E-state index contributed by atoms with van der Waals surface area (Å²) in [6, 6.07) is 2.39. The molecule has 0 bridgehead atoms. The summed E-state index contributed by atoms with van der Waals surface area (Å²) in [5.74, 6) is 1.48. The molecule has 9 nitrogen and oxygen atoms in total. The molecule has 9 heteroatoms. The van der Waals surface area contributed by atoms with Crippen LogP contribution in [-0.4, -0.2) is 47.7 Å². The van der Waals surface area contributed by atoms with E-state index in [-0.39, 0.29) is 6.10 Å². The number of hydrogen-bond donors (Lipinski definition) is 1. The molecule has 0 amide bonds. The summed E-state index contributed by atoms with van der Waals surface area (Å²) < 4.78 is 10.2. The lowest BCUT2D eigenvalue weighted by Gasteiger charge is -2.29. The largest absolute Gasteiger partial charge is 0.473 e. The van der Waals surface area contributed by atoms with Gasteiger partial charge < -0.3 is 10.1 Å². The highest BCUT2D eigenvalue weighted by Crippen LogP contribution is 2.36. The summed E-state index contributed by atoms with van der Waals surface area (Å²) in [6.07, 6.45) is 11.5. The summed E-state index contributed by atoms with van der Waals surface area (Å²) in [5, 5.41) is 13.5. The number of hydrogen-bond acceptors (Lipinski definition) is 7. The average molecular weight is 433 g/mol. The molecule has 0 atom stereocenters. The zero-order valence-electron chi connectivity index (χ0n) is 18.9. The molecular weight excluding hydrogens is 404 g/mol. The maximum atomic E-state index is 6.19. The molecule has 1 saturated carbocycles. The van der Waals surface area contributed by atoms with E-state index in [1.807, 2.05) is 46.5 Å². The Morgan fingerprint density at radius 3 is 2.56 bits per heavy atom. The molecule has 0 aromatic carbocycles. The zero-order valence-corrected chi connectivity index (χ0v) is 18.9. The standard InChI is InChI=1S/C23H28N8O/c1-14-10-26-23(15(2)28-14)32-18-7-5-17(6-8-18)31-20-9-21(24-3)25-12-19(20)22(29-31)16-11-27-30(4)13-16/h9-13,17-18H,5-8H2,1-4H3,(H,24,25)/t17-,18+. The van der Waals surface area contributed by atoms with Gasteiger partial charge in [0, 0.05) is 43.5 Å². The number of ether oxygens (including phenoxy) is 1. The third-order valence-corrected chi connectivity index (χ3v) is 6.12. The summed E-state index contributed by atoms with van der Waals surface area (Å²) in [7, 11) is 3.80. The second kappa shape index (κ2) is 8.22. The van der Waals surface area contributed by atoms with Crippen LogP contribution in [0.4, 0.5) is 5.82 Å². The zero-order chi connectivity index (χ0) is 22.2. The number of nitrogens with zero attached hydrogens (tertiary/aromatic N) is 7. The van der Waals surface area contributed by atoms with Gasteiger partial charge in [-0.2, -0.15) is 10.2 Å². The van der Waals surface area contributed by atoms with E-state index in [1.165, 1.54) is 0 Å². The van der Waals surface area contributed by atoms with Gasteiger partial charge in [-0.15, -0.1) is 0 Å². The molecule has 4 aromatic rings. The molecule has 0 spiro atoms. The van der Waals surface area contributed by atoms with E-state index in [0.29, 0.717) is 11.9 Å². The van der Waals surface area contributed by atoms with Crippen LogP contribution in [0, 0.1) is 13.8 Å². The van der Waals surface area contributed by atoms with Crippen molar-refractivity contribution < 1.29 is 4.74 Å². The van der Waals surface area contributed by atoms with Gasteiger partial charge in [0.05, 0.1) is 35.3 Å². The van der Waals surface area contributed by atoms with Crippen molar-refractivity contribution in [3.05, 3.63) is 42.2 Å². The van der Waals surface area contributed by atoms with Gasteiger partial charge in [-0.25, -0.2) is 9.97 Å². The van der Waals surface area contributed by atoms with Crippen molar-refractivity contribution in [1.82, 2.24) is 34.5 Å². The number of aryl methyl sites for hydroxylation is 3. The monoisotopic (exact) mass is 432 g/mol. The van der Waals surface area contributed by atoms with Crippen LogP contribution >= 0.6 is 0 Å². The highest BCUT2D eigenvalue weighted by Gasteiger charge is 2.27. The fourth-order valence-electron chi connectivity index (χ4n) is 4.47. The van der Waals surface area contributed by atoms with Crippen molar-refractivity contribution in [3.63, 3.8) is 0 Å². The average Bonchev–Trinajstić information content (AvgIpc) is 3.39. The molecule has 4 heterocycles. The van der Waals surface area contributed by atoms with Crippen LogP contribution in [0.1, 0.15) is 43.1 Å². The number of rotatable bonds is 5. The molecule has 0 saturated heterocycles. The Labute approximate surface area is 186 Å². The Kier molecular flexibility index (Phi) is 5.24. The van der Waals surface area contributed by atoms with Crippen LogP contribution in [0.2, 0.25) is 0 Å². The first-order chi connectivity index (χ1) is 15.5. The fourth-order valence-corrected chi connectivity index (χ4v) is 4.47. The number of anilines is 1. The first-order valence-corrected chi connectivity index (χ1v) is 11.0. The summed E-state index contributed by atoms with van der Waals surface area (Å²) in [4.78, 5) is 13.4. The van der Waals surface area contributed by atoms with Crippen LogP contribution in [-0.2, 0) is 7.05 Å². The second-order valence-corrected chi connectivity index (χ2v) is 8.48. The van der Waals surface area contributed by atoms with Gasteiger partial charge in [-0.05, 0) is 39.5 Å². The normalized spacial score (nSPS) is 18.8. The van der Waals surface area contributed by atoms with Gasteiger partial charge in [0.1, 0.15) is 17.6 Å². The minimum atomic E-state index is 0.149. The van der Waals surface area contributed by atoms with Gasteiger partial charge in [-0.1, -0.05) is 0 Å². The maximum Gasteiger partial charge on any atom is 0.235 e. The Balaban J connectivity index is 1.40. The molecule has 1 aliphatic carbocycles. The van der Waals surface area contributed by atoms with Crippen molar-refractivity contribution in [3.8, 4) is 17.1 Å². The van der Waals surface area contributed by atoms with Gasteiger partial charge in [0.25, 0.3) is 0 Å². The minimum absolute atomic E-state index is 0.149. The molecule has 0 radical (unpaired) electrons. The highest BCUT2D eigenvalue weighted by molar-refractivity contribution is 5.93. The number of nitrogens with one attached hydrogen (secondary N) is 1. The van der Waals surface area contributed by atoms with E-state index in [9.17, 15) is 0 Å². The molecule has 166 valence electrons. The van der Waals surface area contributed by atoms with Crippen LogP contribution in [0.25, 0.3) is 22.2 Å². The number of fused-ring (bicyclic) bond motifs is 1. The van der Waals surface area contributed by atoms with E-state index in [2.05, 4.69) is 36.1 Å². The molecular formula is C23H28N8O. The van der Waals surface area contributed by atoms with Gasteiger partial charge in [0.2, 0.25) is 5.88 Å². The Morgan fingerprint density at radius 2 is 1.88 bits per heavy atom. The Hall–Kier alpha value is -3.49. The molecule has 1 fully saturated rings. The Bertz CT molecular complexity index is 1250. The van der Waals surface area contributed by atoms with E-state index in [1.54, 1.807) is 10.9 Å². The van der Waals surface area contributed by atoms with Crippen molar-refractivity contribution in [2.24, 2.45) is 7.05 Å². The highest BCUT2D eigenvalue weighted by atomic mass is 16.5. The number of pyridine rings is 1. The predicted molar refractivity (Wildman–Crippen MR) is 123 cm³/mol. The summed E-state index contributed by atoms with van der Waals surface area (Å²) >= 11 is 0. The quantitative estimate of drug-likeness (QED) is 0.512. The van der Waals surface area contributed by atoms with Gasteiger partial charge >= 0.3 is 0 Å². The van der Waals surface area contributed by atoms with Crippen LogP contribution in [0.5, 0.6) is 5.88 Å². The summed E-state index contributed by atoms with van der Waals surface area (Å²) in [5.41, 5.74) is 4.77. The number of aromatic nitrogens is 7. The lowest BCUT2D eigenvalue weighted by Crippen LogP contribution is -2.27. The van der Waals surface area contributed by atoms with E-state index < -0.39 is 0 Å². The van der Waals surface area contributed by atoms with Crippen LogP contribution in [0.3, 0.4) is 0 Å². The fraction of sp³-hybridized carbons (Fsp3) is 0.435. The smallest absolute Gasteiger partial charge is 0.235 e. The van der Waals surface area contributed by atoms with Crippen molar-refractivity contribution in [2.45, 2.75) is 51.7 Å². The van der Waals surface area contributed by atoms with Crippen LogP contribution in [0.15, 0.2) is 30.9 Å².